The van der Waals surface area contributed by atoms with Crippen LogP contribution in [0, 0.1) is 0 Å². The molecule has 1 N–H and O–H groups in total. The predicted octanol–water partition coefficient (Wildman–Crippen LogP) is 2.25. The van der Waals surface area contributed by atoms with E-state index in [0.717, 1.165) is 12.8 Å². The molecular formula is C10H12ClNO3S. The molecule has 0 spiro atoms. The van der Waals surface area contributed by atoms with Crippen LogP contribution < -0.4 is 9.46 Å². The summed E-state index contributed by atoms with van der Waals surface area (Å²) in [7, 11) is -1.79. The highest BCUT2D eigenvalue weighted by Gasteiger charge is 2.36. The van der Waals surface area contributed by atoms with Crippen LogP contribution >= 0.6 is 11.6 Å². The Kier molecular flexibility index (Phi) is 2.99. The lowest BCUT2D eigenvalue weighted by Crippen LogP contribution is -2.17. The second kappa shape index (κ2) is 4.14. The van der Waals surface area contributed by atoms with Gasteiger partial charge in [-0.25, -0.2) is 8.42 Å². The molecule has 0 bridgehead atoms. The molecule has 6 heteroatoms. The summed E-state index contributed by atoms with van der Waals surface area (Å²) in [5.41, 5.74) is 0.391. The van der Waals surface area contributed by atoms with Gasteiger partial charge >= 0.3 is 0 Å². The van der Waals surface area contributed by atoms with E-state index in [1.807, 2.05) is 0 Å². The average molecular weight is 262 g/mol. The summed E-state index contributed by atoms with van der Waals surface area (Å²) in [6.07, 6.45) is 1.44. The van der Waals surface area contributed by atoms with Crippen LogP contribution in [-0.2, 0) is 10.0 Å². The highest BCUT2D eigenvalue weighted by molar-refractivity contribution is 7.93. The highest BCUT2D eigenvalue weighted by Crippen LogP contribution is 2.33. The van der Waals surface area contributed by atoms with Crippen molar-refractivity contribution < 1.29 is 13.2 Å². The SMILES string of the molecule is COc1ccc(Cl)cc1NS(=O)(=O)C1CC1. The summed E-state index contributed by atoms with van der Waals surface area (Å²) < 4.78 is 31.0. The Morgan fingerprint density at radius 3 is 2.69 bits per heavy atom. The van der Waals surface area contributed by atoms with E-state index in [0.29, 0.717) is 16.5 Å². The fraction of sp³-hybridized carbons (Fsp3) is 0.400. The second-order valence-electron chi connectivity index (χ2n) is 3.69. The molecule has 0 amide bonds. The lowest BCUT2D eigenvalue weighted by Gasteiger charge is -2.11. The van der Waals surface area contributed by atoms with Gasteiger partial charge in [0, 0.05) is 5.02 Å². The number of halogens is 1. The van der Waals surface area contributed by atoms with Gasteiger partial charge in [-0.1, -0.05) is 11.6 Å². The first kappa shape index (κ1) is 11.5. The first-order chi connectivity index (χ1) is 7.53. The van der Waals surface area contributed by atoms with Crippen molar-refractivity contribution in [3.63, 3.8) is 0 Å². The minimum atomic E-state index is -3.28. The number of benzene rings is 1. The van der Waals surface area contributed by atoms with E-state index in [-0.39, 0.29) is 5.25 Å². The molecular weight excluding hydrogens is 250 g/mol. The number of nitrogens with one attached hydrogen (secondary N) is 1. The molecule has 0 saturated heterocycles. The normalized spacial score (nSPS) is 15.9. The maximum Gasteiger partial charge on any atom is 0.235 e. The monoisotopic (exact) mass is 261 g/mol. The lowest BCUT2D eigenvalue weighted by molar-refractivity contribution is 0.417. The van der Waals surface area contributed by atoms with E-state index in [1.54, 1.807) is 18.2 Å². The van der Waals surface area contributed by atoms with Crippen LogP contribution in [0.2, 0.25) is 5.02 Å². The zero-order chi connectivity index (χ0) is 11.8. The van der Waals surface area contributed by atoms with Gasteiger partial charge in [0.1, 0.15) is 5.75 Å². The third-order valence-electron chi connectivity index (χ3n) is 2.38. The van der Waals surface area contributed by atoms with Gasteiger partial charge in [-0.2, -0.15) is 0 Å². The van der Waals surface area contributed by atoms with Crippen LogP contribution in [0.5, 0.6) is 5.75 Å². The molecule has 0 aliphatic heterocycles. The van der Waals surface area contributed by atoms with E-state index in [4.69, 9.17) is 16.3 Å². The van der Waals surface area contributed by atoms with Crippen LogP contribution in [0.4, 0.5) is 5.69 Å². The Labute approximate surface area is 99.6 Å². The third kappa shape index (κ3) is 2.41. The van der Waals surface area contributed by atoms with Gasteiger partial charge in [0.2, 0.25) is 10.0 Å². The topological polar surface area (TPSA) is 55.4 Å². The molecule has 88 valence electrons. The first-order valence-electron chi connectivity index (χ1n) is 4.88. The maximum absolute atomic E-state index is 11.7. The maximum atomic E-state index is 11.7. The fourth-order valence-corrected chi connectivity index (χ4v) is 2.94. The zero-order valence-corrected chi connectivity index (χ0v) is 10.3. The molecule has 1 aliphatic carbocycles. The van der Waals surface area contributed by atoms with Gasteiger partial charge in [0.25, 0.3) is 0 Å². The van der Waals surface area contributed by atoms with Crippen LogP contribution in [-0.4, -0.2) is 20.8 Å². The first-order valence-corrected chi connectivity index (χ1v) is 6.80. The standard InChI is InChI=1S/C10H12ClNO3S/c1-15-10-5-2-7(11)6-9(10)12-16(13,14)8-3-4-8/h2,5-6,8,12H,3-4H2,1H3. The number of hydrogen-bond donors (Lipinski definition) is 1. The van der Waals surface area contributed by atoms with Crippen molar-refractivity contribution in [2.75, 3.05) is 11.8 Å². The summed E-state index contributed by atoms with van der Waals surface area (Å²) in [6.45, 7) is 0. The Balaban J connectivity index is 2.29. The van der Waals surface area contributed by atoms with Crippen LogP contribution in [0.1, 0.15) is 12.8 Å². The van der Waals surface area contributed by atoms with E-state index < -0.39 is 10.0 Å². The van der Waals surface area contributed by atoms with Crippen molar-refractivity contribution in [3.05, 3.63) is 23.2 Å². The summed E-state index contributed by atoms with van der Waals surface area (Å²) in [5.74, 6) is 0.466. The van der Waals surface area contributed by atoms with Crippen molar-refractivity contribution in [1.82, 2.24) is 0 Å². The van der Waals surface area contributed by atoms with E-state index >= 15 is 0 Å². The molecule has 1 aromatic rings. The zero-order valence-electron chi connectivity index (χ0n) is 8.73. The molecule has 0 unspecified atom stereocenters. The largest absolute Gasteiger partial charge is 0.495 e. The smallest absolute Gasteiger partial charge is 0.235 e. The molecule has 0 aromatic heterocycles. The molecule has 16 heavy (non-hydrogen) atoms. The number of hydrogen-bond acceptors (Lipinski definition) is 3. The lowest BCUT2D eigenvalue weighted by atomic mass is 10.3. The predicted molar refractivity (Wildman–Crippen MR) is 63.6 cm³/mol. The molecule has 1 aromatic carbocycles. The molecule has 0 radical (unpaired) electrons. The number of ether oxygens (including phenoxy) is 1. The Bertz CT molecular complexity index is 497. The van der Waals surface area contributed by atoms with Crippen LogP contribution in [0.3, 0.4) is 0 Å². The van der Waals surface area contributed by atoms with Crippen molar-refractivity contribution in [1.29, 1.82) is 0 Å². The van der Waals surface area contributed by atoms with Gasteiger partial charge < -0.3 is 4.74 Å². The number of rotatable bonds is 4. The van der Waals surface area contributed by atoms with E-state index in [1.165, 1.54) is 7.11 Å². The highest BCUT2D eigenvalue weighted by atomic mass is 35.5. The molecule has 1 aliphatic rings. The fourth-order valence-electron chi connectivity index (χ4n) is 1.37. The second-order valence-corrected chi connectivity index (χ2v) is 6.09. The third-order valence-corrected chi connectivity index (χ3v) is 4.47. The molecule has 0 atom stereocenters. The van der Waals surface area contributed by atoms with Crippen LogP contribution in [0.25, 0.3) is 0 Å². The quantitative estimate of drug-likeness (QED) is 0.904. The van der Waals surface area contributed by atoms with Crippen molar-refractivity contribution in [2.45, 2.75) is 18.1 Å². The molecule has 0 heterocycles. The van der Waals surface area contributed by atoms with Crippen molar-refractivity contribution in [3.8, 4) is 5.75 Å². The van der Waals surface area contributed by atoms with Gasteiger partial charge in [-0.05, 0) is 31.0 Å². The van der Waals surface area contributed by atoms with Gasteiger partial charge in [-0.15, -0.1) is 0 Å². The minimum absolute atomic E-state index is 0.267. The number of sulfonamides is 1. The number of anilines is 1. The van der Waals surface area contributed by atoms with Crippen molar-refractivity contribution in [2.24, 2.45) is 0 Å². The molecule has 4 nitrogen and oxygen atoms in total. The minimum Gasteiger partial charge on any atom is -0.495 e. The summed E-state index contributed by atoms with van der Waals surface area (Å²) >= 11 is 5.81. The Hall–Kier alpha value is -0.940. The molecule has 2 rings (SSSR count). The number of methoxy groups -OCH3 is 1. The van der Waals surface area contributed by atoms with Gasteiger partial charge in [-0.3, -0.25) is 4.72 Å². The summed E-state index contributed by atoms with van der Waals surface area (Å²) in [5, 5.41) is 0.200. The van der Waals surface area contributed by atoms with E-state index in [2.05, 4.69) is 4.72 Å². The Morgan fingerprint density at radius 2 is 2.12 bits per heavy atom. The molecule has 1 fully saturated rings. The van der Waals surface area contributed by atoms with Gasteiger partial charge in [0.15, 0.2) is 0 Å². The van der Waals surface area contributed by atoms with Crippen LogP contribution in [0.15, 0.2) is 18.2 Å². The summed E-state index contributed by atoms with van der Waals surface area (Å²) in [4.78, 5) is 0. The van der Waals surface area contributed by atoms with Gasteiger partial charge in [0.05, 0.1) is 18.0 Å². The summed E-state index contributed by atoms with van der Waals surface area (Å²) in [6, 6.07) is 4.82. The Morgan fingerprint density at radius 1 is 1.44 bits per heavy atom. The molecule has 1 saturated carbocycles. The van der Waals surface area contributed by atoms with E-state index in [9.17, 15) is 8.42 Å². The average Bonchev–Trinajstić information content (AvgIpc) is 3.00. The van der Waals surface area contributed by atoms with Crippen molar-refractivity contribution >= 4 is 27.3 Å².